The maximum atomic E-state index is 12.4. The van der Waals surface area contributed by atoms with Crippen molar-refractivity contribution in [2.24, 2.45) is 11.1 Å². The Labute approximate surface area is 120 Å². The molecule has 6 heteroatoms. The van der Waals surface area contributed by atoms with E-state index >= 15 is 0 Å². The van der Waals surface area contributed by atoms with Gasteiger partial charge in [0.05, 0.1) is 25.4 Å². The van der Waals surface area contributed by atoms with E-state index in [1.807, 2.05) is 20.8 Å². The van der Waals surface area contributed by atoms with Gasteiger partial charge >= 0.3 is 6.09 Å². The van der Waals surface area contributed by atoms with Crippen molar-refractivity contribution < 1.29 is 19.4 Å². The maximum Gasteiger partial charge on any atom is 0.410 e. The van der Waals surface area contributed by atoms with Crippen LogP contribution in [0.4, 0.5) is 4.79 Å². The van der Waals surface area contributed by atoms with Crippen LogP contribution in [0, 0.1) is 5.41 Å². The van der Waals surface area contributed by atoms with Gasteiger partial charge in [-0.05, 0) is 33.6 Å². The van der Waals surface area contributed by atoms with Gasteiger partial charge in [-0.1, -0.05) is 0 Å². The molecule has 2 fully saturated rings. The number of ether oxygens (including phenoxy) is 2. The topological polar surface area (TPSA) is 85.0 Å². The van der Waals surface area contributed by atoms with Gasteiger partial charge in [0.15, 0.2) is 0 Å². The molecular formula is C14H26N2O4. The first kappa shape index (κ1) is 15.5. The zero-order valence-corrected chi connectivity index (χ0v) is 12.6. The second-order valence-corrected chi connectivity index (χ2v) is 6.89. The Bertz CT molecular complexity index is 361. The number of nitrogens with two attached hydrogens (primary N) is 1. The molecule has 6 nitrogen and oxygen atoms in total. The lowest BCUT2D eigenvalue weighted by Crippen LogP contribution is -2.64. The molecule has 0 bridgehead atoms. The van der Waals surface area contributed by atoms with Gasteiger partial charge < -0.3 is 20.3 Å². The van der Waals surface area contributed by atoms with E-state index in [1.165, 1.54) is 0 Å². The molecule has 1 atom stereocenters. The summed E-state index contributed by atoms with van der Waals surface area (Å²) in [5.74, 6) is 0. The van der Waals surface area contributed by atoms with Crippen LogP contribution in [0.3, 0.4) is 0 Å². The predicted molar refractivity (Wildman–Crippen MR) is 74.3 cm³/mol. The lowest BCUT2D eigenvalue weighted by atomic mass is 9.62. The van der Waals surface area contributed by atoms with E-state index in [-0.39, 0.29) is 23.7 Å². The number of aliphatic hydroxyl groups is 1. The fourth-order valence-corrected chi connectivity index (χ4v) is 3.10. The summed E-state index contributed by atoms with van der Waals surface area (Å²) in [7, 11) is 0. The van der Waals surface area contributed by atoms with Crippen LogP contribution in [0.1, 0.15) is 33.6 Å². The average Bonchev–Trinajstić information content (AvgIpc) is 2.32. The predicted octanol–water partition coefficient (Wildman–Crippen LogP) is 0.722. The highest BCUT2D eigenvalue weighted by Crippen LogP contribution is 2.46. The minimum absolute atomic E-state index is 0.112. The van der Waals surface area contributed by atoms with Crippen molar-refractivity contribution in [2.45, 2.75) is 51.4 Å². The fourth-order valence-electron chi connectivity index (χ4n) is 3.10. The molecule has 1 unspecified atom stereocenters. The summed E-state index contributed by atoms with van der Waals surface area (Å²) in [4.78, 5) is 14.1. The number of rotatable bonds is 2. The fraction of sp³-hybridized carbons (Fsp3) is 0.929. The molecule has 20 heavy (non-hydrogen) atoms. The number of aliphatic hydroxyl groups excluding tert-OH is 1. The van der Waals surface area contributed by atoms with Crippen LogP contribution in [0.5, 0.6) is 0 Å². The molecule has 3 N–H and O–H groups in total. The van der Waals surface area contributed by atoms with Crippen LogP contribution < -0.4 is 5.73 Å². The molecule has 0 radical (unpaired) electrons. The van der Waals surface area contributed by atoms with Gasteiger partial charge in [-0.25, -0.2) is 4.79 Å². The van der Waals surface area contributed by atoms with E-state index in [2.05, 4.69) is 0 Å². The molecular weight excluding hydrogens is 260 g/mol. The third kappa shape index (κ3) is 3.07. The van der Waals surface area contributed by atoms with Gasteiger partial charge in [0.1, 0.15) is 5.60 Å². The Morgan fingerprint density at radius 2 is 2.15 bits per heavy atom. The minimum Gasteiger partial charge on any atom is -0.444 e. The van der Waals surface area contributed by atoms with Gasteiger partial charge in [0.25, 0.3) is 0 Å². The van der Waals surface area contributed by atoms with Crippen LogP contribution in [0.25, 0.3) is 0 Å². The molecule has 1 aliphatic heterocycles. The van der Waals surface area contributed by atoms with E-state index in [0.717, 1.165) is 0 Å². The van der Waals surface area contributed by atoms with E-state index in [1.54, 1.807) is 4.90 Å². The molecule has 1 aliphatic carbocycles. The van der Waals surface area contributed by atoms with Crippen molar-refractivity contribution in [3.63, 3.8) is 0 Å². The first-order valence-electron chi connectivity index (χ1n) is 7.23. The highest BCUT2D eigenvalue weighted by Gasteiger charge is 2.52. The molecule has 2 aliphatic rings. The molecule has 2 rings (SSSR count). The summed E-state index contributed by atoms with van der Waals surface area (Å²) in [5.41, 5.74) is 5.15. The zero-order chi connectivity index (χ0) is 15.0. The normalized spacial score (nSPS) is 34.5. The number of hydrogen-bond donors (Lipinski definition) is 2. The Hall–Kier alpha value is -0.850. The Morgan fingerprint density at radius 3 is 2.65 bits per heavy atom. The Kier molecular flexibility index (Phi) is 4.27. The van der Waals surface area contributed by atoms with Gasteiger partial charge in [-0.2, -0.15) is 0 Å². The van der Waals surface area contributed by atoms with Crippen molar-refractivity contribution in [3.05, 3.63) is 0 Å². The quantitative estimate of drug-likeness (QED) is 0.781. The first-order valence-corrected chi connectivity index (χ1v) is 7.23. The second kappa shape index (κ2) is 5.50. The molecule has 0 spiro atoms. The monoisotopic (exact) mass is 286 g/mol. The first-order chi connectivity index (χ1) is 9.27. The standard InChI is InChI=1S/C14H26N2O4/c1-13(2,3)20-12(18)16-4-5-19-8-11(16)14(9-15)6-10(17)7-14/h10-11,17H,4-9,15H2,1-3H3. The lowest BCUT2D eigenvalue weighted by molar-refractivity contribution is -0.125. The third-order valence-electron chi connectivity index (χ3n) is 4.15. The van der Waals surface area contributed by atoms with Crippen molar-refractivity contribution in [1.29, 1.82) is 0 Å². The SMILES string of the molecule is CC(C)(C)OC(=O)N1CCOCC1C1(CN)CC(O)C1. The lowest BCUT2D eigenvalue weighted by Gasteiger charge is -2.54. The molecule has 116 valence electrons. The van der Waals surface area contributed by atoms with E-state index in [9.17, 15) is 9.90 Å². The highest BCUT2D eigenvalue weighted by molar-refractivity contribution is 5.69. The van der Waals surface area contributed by atoms with Crippen molar-refractivity contribution >= 4 is 6.09 Å². The number of amides is 1. The van der Waals surface area contributed by atoms with Gasteiger partial charge in [-0.3, -0.25) is 4.90 Å². The average molecular weight is 286 g/mol. The van der Waals surface area contributed by atoms with Crippen molar-refractivity contribution in [3.8, 4) is 0 Å². The van der Waals surface area contributed by atoms with Crippen molar-refractivity contribution in [2.75, 3.05) is 26.3 Å². The summed E-state index contributed by atoms with van der Waals surface area (Å²) in [6.07, 6.45) is 0.606. The van der Waals surface area contributed by atoms with Crippen LogP contribution in [0.2, 0.25) is 0 Å². The van der Waals surface area contributed by atoms with E-state index < -0.39 is 5.60 Å². The van der Waals surface area contributed by atoms with E-state index in [4.69, 9.17) is 15.2 Å². The van der Waals surface area contributed by atoms with E-state index in [0.29, 0.717) is 39.1 Å². The second-order valence-electron chi connectivity index (χ2n) is 6.89. The van der Waals surface area contributed by atoms with Gasteiger partial charge in [-0.15, -0.1) is 0 Å². The molecule has 0 aromatic rings. The van der Waals surface area contributed by atoms with Crippen LogP contribution in [0.15, 0.2) is 0 Å². The summed E-state index contributed by atoms with van der Waals surface area (Å²) >= 11 is 0. The smallest absolute Gasteiger partial charge is 0.410 e. The van der Waals surface area contributed by atoms with Crippen LogP contribution in [-0.2, 0) is 9.47 Å². The minimum atomic E-state index is -0.519. The number of carbonyl (C=O) groups excluding carboxylic acids is 1. The number of carbonyl (C=O) groups is 1. The highest BCUT2D eigenvalue weighted by atomic mass is 16.6. The van der Waals surface area contributed by atoms with Gasteiger partial charge in [0.2, 0.25) is 0 Å². The van der Waals surface area contributed by atoms with Crippen molar-refractivity contribution in [1.82, 2.24) is 4.90 Å². The molecule has 1 saturated carbocycles. The zero-order valence-electron chi connectivity index (χ0n) is 12.6. The molecule has 1 heterocycles. The number of nitrogens with zero attached hydrogens (tertiary/aromatic N) is 1. The maximum absolute atomic E-state index is 12.4. The van der Waals surface area contributed by atoms with Gasteiger partial charge in [0, 0.05) is 18.5 Å². The molecule has 1 amide bonds. The Balaban J connectivity index is 2.11. The molecule has 0 aromatic heterocycles. The summed E-state index contributed by atoms with van der Waals surface area (Å²) in [5, 5.41) is 9.63. The largest absolute Gasteiger partial charge is 0.444 e. The number of hydrogen-bond acceptors (Lipinski definition) is 5. The van der Waals surface area contributed by atoms with Crippen LogP contribution in [-0.4, -0.2) is 60.1 Å². The Morgan fingerprint density at radius 1 is 1.50 bits per heavy atom. The molecule has 1 saturated heterocycles. The number of morpholine rings is 1. The van der Waals surface area contributed by atoms with Crippen LogP contribution >= 0.6 is 0 Å². The summed E-state index contributed by atoms with van der Waals surface area (Å²) in [6, 6.07) is -0.112. The summed E-state index contributed by atoms with van der Waals surface area (Å²) in [6.45, 7) is 7.49. The third-order valence-corrected chi connectivity index (χ3v) is 4.15. The molecule has 0 aromatic carbocycles. The summed E-state index contributed by atoms with van der Waals surface area (Å²) < 4.78 is 11.0.